The molecule has 1 aromatic rings. The number of hydrogen-bond acceptors (Lipinski definition) is 5. The number of nitrogens with zero attached hydrogens (tertiary/aromatic N) is 4. The van der Waals surface area contributed by atoms with Gasteiger partial charge in [-0.2, -0.15) is 0 Å². The van der Waals surface area contributed by atoms with Gasteiger partial charge in [-0.05, 0) is 13.0 Å². The largest absolute Gasteiger partial charge is 0.351 e. The van der Waals surface area contributed by atoms with E-state index in [1.807, 2.05) is 6.92 Å². The maximum absolute atomic E-state index is 12.5. The minimum Gasteiger partial charge on any atom is -0.351 e. The summed E-state index contributed by atoms with van der Waals surface area (Å²) in [5, 5.41) is 2.98. The Hall–Kier alpha value is -2.44. The van der Waals surface area contributed by atoms with Crippen LogP contribution in [-0.4, -0.2) is 64.8 Å². The highest BCUT2D eigenvalue weighted by molar-refractivity contribution is 5.92. The molecule has 1 N–H and O–H groups in total. The monoisotopic (exact) mass is 289 g/mol. The smallest absolute Gasteiger partial charge is 0.272 e. The summed E-state index contributed by atoms with van der Waals surface area (Å²) in [7, 11) is 0. The molecule has 7 heteroatoms. The first kappa shape index (κ1) is 15.0. The lowest BCUT2D eigenvalue weighted by Gasteiger charge is -2.32. The van der Waals surface area contributed by atoms with Crippen molar-refractivity contribution in [2.45, 2.75) is 6.92 Å². The van der Waals surface area contributed by atoms with Crippen LogP contribution in [-0.2, 0) is 4.79 Å². The first-order valence-electron chi connectivity index (χ1n) is 6.83. The molecule has 0 unspecified atom stereocenters. The average Bonchev–Trinajstić information content (AvgIpc) is 2.51. The molecule has 0 radical (unpaired) electrons. The van der Waals surface area contributed by atoms with Gasteiger partial charge in [0, 0.05) is 38.4 Å². The first-order valence-corrected chi connectivity index (χ1v) is 6.83. The molecule has 2 amide bonds. The van der Waals surface area contributed by atoms with Crippen LogP contribution in [0.2, 0.25) is 0 Å². The molecule has 0 atom stereocenters. The summed E-state index contributed by atoms with van der Waals surface area (Å²) >= 11 is 0. The Labute approximate surface area is 123 Å². The van der Waals surface area contributed by atoms with Crippen molar-refractivity contribution in [2.75, 3.05) is 38.0 Å². The van der Waals surface area contributed by atoms with E-state index < -0.39 is 0 Å². The molecule has 0 spiro atoms. The van der Waals surface area contributed by atoms with E-state index in [0.717, 1.165) is 12.1 Å². The SMILES string of the molecule is C=CCNc1nc(C)cc(C(=O)N2CCN(C=O)CC2)n1. The van der Waals surface area contributed by atoms with E-state index in [1.54, 1.807) is 21.9 Å². The van der Waals surface area contributed by atoms with Gasteiger partial charge >= 0.3 is 0 Å². The third kappa shape index (κ3) is 3.77. The highest BCUT2D eigenvalue weighted by Gasteiger charge is 2.22. The molecular formula is C14H19N5O2. The van der Waals surface area contributed by atoms with Gasteiger partial charge in [-0.3, -0.25) is 9.59 Å². The summed E-state index contributed by atoms with van der Waals surface area (Å²) in [6.45, 7) is 8.14. The highest BCUT2D eigenvalue weighted by atomic mass is 16.2. The van der Waals surface area contributed by atoms with Crippen LogP contribution >= 0.6 is 0 Å². The van der Waals surface area contributed by atoms with Crippen LogP contribution in [0.3, 0.4) is 0 Å². The van der Waals surface area contributed by atoms with Gasteiger partial charge in [0.25, 0.3) is 5.91 Å². The molecule has 0 saturated carbocycles. The van der Waals surface area contributed by atoms with Crippen LogP contribution in [0.5, 0.6) is 0 Å². The molecule has 0 aromatic carbocycles. The standard InChI is InChI=1S/C14H19N5O2/c1-3-4-15-14-16-11(2)9-12(17-14)13(21)19-7-5-18(10-20)6-8-19/h3,9-10H,1,4-8H2,2H3,(H,15,16,17). The van der Waals surface area contributed by atoms with Crippen molar-refractivity contribution in [1.82, 2.24) is 19.8 Å². The Kier molecular flexibility index (Phi) is 4.86. The summed E-state index contributed by atoms with van der Waals surface area (Å²) in [6.07, 6.45) is 2.51. The number of anilines is 1. The van der Waals surface area contributed by atoms with Crippen LogP contribution in [0.25, 0.3) is 0 Å². The zero-order valence-corrected chi connectivity index (χ0v) is 12.1. The number of amides is 2. The number of nitrogens with one attached hydrogen (secondary N) is 1. The fourth-order valence-corrected chi connectivity index (χ4v) is 2.11. The summed E-state index contributed by atoms with van der Waals surface area (Å²) in [5.74, 6) is 0.289. The molecular weight excluding hydrogens is 270 g/mol. The second-order valence-electron chi connectivity index (χ2n) is 4.82. The first-order chi connectivity index (χ1) is 10.1. The van der Waals surface area contributed by atoms with Crippen molar-refractivity contribution in [3.05, 3.63) is 30.1 Å². The molecule has 7 nitrogen and oxygen atoms in total. The number of aromatic nitrogens is 2. The molecule has 112 valence electrons. The number of piperazine rings is 1. The third-order valence-corrected chi connectivity index (χ3v) is 3.23. The van der Waals surface area contributed by atoms with Crippen LogP contribution < -0.4 is 5.32 Å². The van der Waals surface area contributed by atoms with Gasteiger partial charge < -0.3 is 15.1 Å². The molecule has 0 aliphatic carbocycles. The summed E-state index contributed by atoms with van der Waals surface area (Å²) in [5.41, 5.74) is 1.10. The minimum absolute atomic E-state index is 0.132. The number of aryl methyl sites for hydroxylation is 1. The van der Waals surface area contributed by atoms with E-state index in [9.17, 15) is 9.59 Å². The zero-order valence-electron chi connectivity index (χ0n) is 12.1. The Bertz CT molecular complexity index is 538. The van der Waals surface area contributed by atoms with E-state index in [0.29, 0.717) is 44.4 Å². The number of hydrogen-bond donors (Lipinski definition) is 1. The lowest BCUT2D eigenvalue weighted by Crippen LogP contribution is -2.48. The predicted molar refractivity (Wildman–Crippen MR) is 79.0 cm³/mol. The van der Waals surface area contributed by atoms with Gasteiger partial charge in [0.05, 0.1) is 0 Å². The number of carbonyl (C=O) groups excluding carboxylic acids is 2. The Morgan fingerprint density at radius 3 is 2.71 bits per heavy atom. The fraction of sp³-hybridized carbons (Fsp3) is 0.429. The van der Waals surface area contributed by atoms with E-state index >= 15 is 0 Å². The summed E-state index contributed by atoms with van der Waals surface area (Å²) < 4.78 is 0. The number of rotatable bonds is 5. The second kappa shape index (κ2) is 6.83. The van der Waals surface area contributed by atoms with Crippen molar-refractivity contribution in [3.63, 3.8) is 0 Å². The van der Waals surface area contributed by atoms with E-state index in [4.69, 9.17) is 0 Å². The molecule has 1 fully saturated rings. The second-order valence-corrected chi connectivity index (χ2v) is 4.82. The average molecular weight is 289 g/mol. The van der Waals surface area contributed by atoms with Crippen molar-refractivity contribution in [3.8, 4) is 0 Å². The summed E-state index contributed by atoms with van der Waals surface area (Å²) in [6, 6.07) is 1.67. The van der Waals surface area contributed by atoms with Crippen molar-refractivity contribution in [1.29, 1.82) is 0 Å². The van der Waals surface area contributed by atoms with Crippen LogP contribution in [0.1, 0.15) is 16.2 Å². The van der Waals surface area contributed by atoms with E-state index in [-0.39, 0.29) is 5.91 Å². The van der Waals surface area contributed by atoms with Crippen LogP contribution in [0, 0.1) is 6.92 Å². The highest BCUT2D eigenvalue weighted by Crippen LogP contribution is 2.10. The molecule has 2 heterocycles. The lowest BCUT2D eigenvalue weighted by molar-refractivity contribution is -0.119. The van der Waals surface area contributed by atoms with Gasteiger partial charge in [0.2, 0.25) is 12.4 Å². The number of carbonyl (C=O) groups is 2. The van der Waals surface area contributed by atoms with Gasteiger partial charge in [-0.15, -0.1) is 6.58 Å². The van der Waals surface area contributed by atoms with Crippen molar-refractivity contribution in [2.24, 2.45) is 0 Å². The third-order valence-electron chi connectivity index (χ3n) is 3.23. The van der Waals surface area contributed by atoms with Crippen LogP contribution in [0.4, 0.5) is 5.95 Å². The Morgan fingerprint density at radius 2 is 2.10 bits per heavy atom. The normalized spacial score (nSPS) is 14.7. The lowest BCUT2D eigenvalue weighted by atomic mass is 10.2. The van der Waals surface area contributed by atoms with Crippen molar-refractivity contribution >= 4 is 18.3 Å². The molecule has 21 heavy (non-hydrogen) atoms. The van der Waals surface area contributed by atoms with E-state index in [2.05, 4.69) is 21.9 Å². The maximum Gasteiger partial charge on any atom is 0.272 e. The van der Waals surface area contributed by atoms with Gasteiger partial charge in [0.1, 0.15) is 5.69 Å². The predicted octanol–water partition coefficient (Wildman–Crippen LogP) is 0.297. The quantitative estimate of drug-likeness (QED) is 0.623. The topological polar surface area (TPSA) is 78.4 Å². The molecule has 1 aliphatic heterocycles. The fourth-order valence-electron chi connectivity index (χ4n) is 2.11. The Morgan fingerprint density at radius 1 is 1.38 bits per heavy atom. The molecule has 1 aliphatic rings. The van der Waals surface area contributed by atoms with Gasteiger partial charge in [-0.1, -0.05) is 6.08 Å². The van der Waals surface area contributed by atoms with Gasteiger partial charge in [-0.25, -0.2) is 9.97 Å². The van der Waals surface area contributed by atoms with E-state index in [1.165, 1.54) is 0 Å². The van der Waals surface area contributed by atoms with Gasteiger partial charge in [0.15, 0.2) is 0 Å². The zero-order chi connectivity index (χ0) is 15.2. The van der Waals surface area contributed by atoms with Crippen molar-refractivity contribution < 1.29 is 9.59 Å². The summed E-state index contributed by atoms with van der Waals surface area (Å²) in [4.78, 5) is 35.0. The minimum atomic E-state index is -0.132. The van der Waals surface area contributed by atoms with Crippen LogP contribution in [0.15, 0.2) is 18.7 Å². The maximum atomic E-state index is 12.5. The molecule has 1 saturated heterocycles. The Balaban J connectivity index is 2.09. The molecule has 1 aromatic heterocycles. The molecule has 0 bridgehead atoms. The molecule has 2 rings (SSSR count).